The van der Waals surface area contributed by atoms with Gasteiger partial charge in [-0.05, 0) is 6.92 Å². The number of nitrogens with one attached hydrogen (secondary N) is 1. The van der Waals surface area contributed by atoms with E-state index in [4.69, 9.17) is 5.11 Å². The molecule has 94 valence electrons. The zero-order valence-electron chi connectivity index (χ0n) is 9.10. The molecule has 0 spiro atoms. The summed E-state index contributed by atoms with van der Waals surface area (Å²) in [6.07, 6.45) is 1.07. The number of ether oxygens (including phenoxy) is 1. The van der Waals surface area contributed by atoms with Gasteiger partial charge in [0.15, 0.2) is 0 Å². The number of carbonyl (C=O) groups excluding carboxylic acids is 1. The fraction of sp³-hybridized carbons (Fsp3) is 0.750. The minimum Gasteiger partial charge on any atom is -0.480 e. The van der Waals surface area contributed by atoms with Crippen LogP contribution in [0.1, 0.15) is 6.92 Å². The quantitative estimate of drug-likeness (QED) is 0.579. The van der Waals surface area contributed by atoms with E-state index in [1.807, 2.05) is 0 Å². The van der Waals surface area contributed by atoms with Crippen LogP contribution in [0.3, 0.4) is 0 Å². The van der Waals surface area contributed by atoms with Crippen LogP contribution in [-0.4, -0.2) is 56.7 Å². The van der Waals surface area contributed by atoms with Crippen molar-refractivity contribution < 1.29 is 27.9 Å². The van der Waals surface area contributed by atoms with E-state index < -0.39 is 41.0 Å². The monoisotopic (exact) mass is 253 g/mol. The van der Waals surface area contributed by atoms with E-state index in [1.54, 1.807) is 0 Å². The second-order valence-electron chi connectivity index (χ2n) is 3.45. The van der Waals surface area contributed by atoms with Gasteiger partial charge in [-0.2, -0.15) is 0 Å². The number of carbonyl (C=O) groups is 2. The van der Waals surface area contributed by atoms with Crippen molar-refractivity contribution in [2.75, 3.05) is 25.2 Å². The fourth-order valence-corrected chi connectivity index (χ4v) is 2.03. The van der Waals surface area contributed by atoms with Crippen molar-refractivity contribution in [2.24, 2.45) is 0 Å². The van der Waals surface area contributed by atoms with Gasteiger partial charge in [-0.25, -0.2) is 13.2 Å². The number of rotatable bonds is 7. The van der Waals surface area contributed by atoms with E-state index in [0.29, 0.717) is 0 Å². The Balaban J connectivity index is 3.83. The summed E-state index contributed by atoms with van der Waals surface area (Å²) in [5.74, 6) is -1.88. The largest absolute Gasteiger partial charge is 0.480 e. The lowest BCUT2D eigenvalue weighted by Gasteiger charge is -2.12. The number of hydrogen-bond acceptors (Lipinski definition) is 5. The summed E-state index contributed by atoms with van der Waals surface area (Å²) in [7, 11) is -3.15. The van der Waals surface area contributed by atoms with Gasteiger partial charge in [0.2, 0.25) is 5.91 Å². The molecule has 2 N–H and O–H groups in total. The highest BCUT2D eigenvalue weighted by molar-refractivity contribution is 7.90. The van der Waals surface area contributed by atoms with Gasteiger partial charge in [0.1, 0.15) is 23.1 Å². The van der Waals surface area contributed by atoms with E-state index in [-0.39, 0.29) is 5.75 Å². The van der Waals surface area contributed by atoms with E-state index >= 15 is 0 Å². The average Bonchev–Trinajstić information content (AvgIpc) is 1.98. The lowest BCUT2D eigenvalue weighted by molar-refractivity contribution is -0.143. The maximum atomic E-state index is 11.1. The maximum Gasteiger partial charge on any atom is 0.329 e. The van der Waals surface area contributed by atoms with Crippen LogP contribution in [0.25, 0.3) is 0 Å². The predicted molar refractivity (Wildman–Crippen MR) is 55.8 cm³/mol. The first-order chi connectivity index (χ1) is 7.20. The highest BCUT2D eigenvalue weighted by atomic mass is 32.2. The van der Waals surface area contributed by atoms with Crippen LogP contribution in [0.15, 0.2) is 0 Å². The van der Waals surface area contributed by atoms with Gasteiger partial charge in [0.25, 0.3) is 0 Å². The third-order valence-corrected chi connectivity index (χ3v) is 2.52. The zero-order valence-corrected chi connectivity index (χ0v) is 9.91. The van der Waals surface area contributed by atoms with Crippen molar-refractivity contribution >= 4 is 21.7 Å². The maximum absolute atomic E-state index is 11.1. The third-order valence-electron chi connectivity index (χ3n) is 1.42. The van der Waals surface area contributed by atoms with E-state index in [1.165, 1.54) is 6.92 Å². The minimum absolute atomic E-state index is 0.169. The summed E-state index contributed by atoms with van der Waals surface area (Å²) in [4.78, 5) is 21.2. The average molecular weight is 253 g/mol. The minimum atomic E-state index is -3.15. The molecule has 0 radical (unpaired) electrons. The van der Waals surface area contributed by atoms with Crippen LogP contribution in [-0.2, 0) is 24.2 Å². The van der Waals surface area contributed by atoms with Crippen LogP contribution in [0.2, 0.25) is 0 Å². The van der Waals surface area contributed by atoms with Gasteiger partial charge in [-0.1, -0.05) is 0 Å². The van der Waals surface area contributed by atoms with Crippen LogP contribution in [0.4, 0.5) is 0 Å². The summed E-state index contributed by atoms with van der Waals surface area (Å²) in [6.45, 7) is 0.574. The topological polar surface area (TPSA) is 110 Å². The van der Waals surface area contributed by atoms with Gasteiger partial charge >= 0.3 is 5.97 Å². The van der Waals surface area contributed by atoms with Crippen LogP contribution in [0.5, 0.6) is 0 Å². The number of aliphatic carboxylic acids is 1. The Morgan fingerprint density at radius 3 is 2.38 bits per heavy atom. The molecule has 0 aliphatic heterocycles. The molecule has 0 saturated carbocycles. The third kappa shape index (κ3) is 9.41. The van der Waals surface area contributed by atoms with Gasteiger partial charge in [-0.15, -0.1) is 0 Å². The Morgan fingerprint density at radius 2 is 1.94 bits per heavy atom. The highest BCUT2D eigenvalue weighted by Gasteiger charge is 2.13. The Morgan fingerprint density at radius 1 is 1.38 bits per heavy atom. The molecule has 1 atom stereocenters. The summed E-state index contributed by atoms with van der Waals surface area (Å²) in [5, 5.41) is 10.6. The van der Waals surface area contributed by atoms with E-state index in [2.05, 4.69) is 10.1 Å². The Kier molecular flexibility index (Phi) is 5.97. The molecule has 7 nitrogen and oxygen atoms in total. The molecular formula is C8H15NO6S. The lowest BCUT2D eigenvalue weighted by atomic mass is 10.4. The van der Waals surface area contributed by atoms with E-state index in [0.717, 1.165) is 6.26 Å². The second-order valence-corrected chi connectivity index (χ2v) is 5.63. The molecule has 0 aliphatic carbocycles. The molecule has 0 saturated heterocycles. The van der Waals surface area contributed by atoms with Crippen molar-refractivity contribution in [3.05, 3.63) is 0 Å². The number of carboxylic acids is 1. The number of carboxylic acid groups (broad SMARTS) is 1. The molecule has 8 heteroatoms. The van der Waals surface area contributed by atoms with Crippen molar-refractivity contribution in [3.8, 4) is 0 Å². The van der Waals surface area contributed by atoms with Gasteiger partial charge in [0.05, 0.1) is 5.75 Å². The molecule has 0 rings (SSSR count). The van der Waals surface area contributed by atoms with Crippen molar-refractivity contribution in [1.82, 2.24) is 5.32 Å². The Hall–Kier alpha value is -1.15. The van der Waals surface area contributed by atoms with Gasteiger partial charge < -0.3 is 15.2 Å². The lowest BCUT2D eigenvalue weighted by Crippen LogP contribution is -2.39. The zero-order chi connectivity index (χ0) is 12.8. The summed E-state index contributed by atoms with van der Waals surface area (Å²) in [6, 6.07) is -0.532. The SMILES string of the molecule is CC(CS(C)(=O)=O)NC(=O)COCC(=O)O. The Bertz CT molecular complexity index is 350. The molecule has 0 bridgehead atoms. The van der Waals surface area contributed by atoms with Crippen molar-refractivity contribution in [2.45, 2.75) is 13.0 Å². The highest BCUT2D eigenvalue weighted by Crippen LogP contribution is 1.90. The summed E-state index contributed by atoms with van der Waals surface area (Å²) >= 11 is 0. The molecule has 16 heavy (non-hydrogen) atoms. The van der Waals surface area contributed by atoms with Gasteiger partial charge in [0, 0.05) is 12.3 Å². The molecule has 1 unspecified atom stereocenters. The number of sulfone groups is 1. The molecule has 0 aromatic carbocycles. The number of hydrogen-bond donors (Lipinski definition) is 2. The molecule has 0 aromatic rings. The smallest absolute Gasteiger partial charge is 0.329 e. The fourth-order valence-electron chi connectivity index (χ4n) is 1.04. The summed E-state index contributed by atoms with van der Waals surface area (Å²) in [5.41, 5.74) is 0. The van der Waals surface area contributed by atoms with Gasteiger partial charge in [-0.3, -0.25) is 4.79 Å². The molecular weight excluding hydrogens is 238 g/mol. The van der Waals surface area contributed by atoms with Crippen molar-refractivity contribution in [3.63, 3.8) is 0 Å². The predicted octanol–water partition coefficient (Wildman–Crippen LogP) is -1.36. The van der Waals surface area contributed by atoms with Crippen LogP contribution >= 0.6 is 0 Å². The van der Waals surface area contributed by atoms with E-state index in [9.17, 15) is 18.0 Å². The first kappa shape index (κ1) is 14.8. The first-order valence-corrected chi connectivity index (χ1v) is 6.53. The molecule has 0 aliphatic rings. The second kappa shape index (κ2) is 6.44. The number of amides is 1. The van der Waals surface area contributed by atoms with Crippen molar-refractivity contribution in [1.29, 1.82) is 0 Å². The van der Waals surface area contributed by atoms with Crippen LogP contribution in [0, 0.1) is 0 Å². The normalized spacial score (nSPS) is 13.1. The van der Waals surface area contributed by atoms with Crippen LogP contribution < -0.4 is 5.32 Å². The standard InChI is InChI=1S/C8H15NO6S/c1-6(5-16(2,13)14)9-7(10)3-15-4-8(11)12/h6H,3-5H2,1-2H3,(H,9,10)(H,11,12). The molecule has 0 fully saturated rings. The Labute approximate surface area is 93.7 Å². The molecule has 0 heterocycles. The first-order valence-electron chi connectivity index (χ1n) is 4.47. The summed E-state index contributed by atoms with van der Waals surface area (Å²) < 4.78 is 26.3. The molecule has 1 amide bonds. The molecule has 0 aromatic heterocycles.